The summed E-state index contributed by atoms with van der Waals surface area (Å²) in [7, 11) is 0. The summed E-state index contributed by atoms with van der Waals surface area (Å²) in [5.74, 6) is 7.06. The summed E-state index contributed by atoms with van der Waals surface area (Å²) in [6.07, 6.45) is 5.63. The molecule has 1 heterocycles. The highest BCUT2D eigenvalue weighted by Crippen LogP contribution is 2.05. The minimum atomic E-state index is 0.292. The molecule has 1 aromatic rings. The van der Waals surface area contributed by atoms with Gasteiger partial charge in [-0.2, -0.15) is 0 Å². The second-order valence-corrected chi connectivity index (χ2v) is 2.56. The van der Waals surface area contributed by atoms with Crippen LogP contribution in [0.2, 0.25) is 0 Å². The molecule has 0 aliphatic rings. The Kier molecular flexibility index (Phi) is 3.22. The van der Waals surface area contributed by atoms with Gasteiger partial charge in [-0.25, -0.2) is 0 Å². The molecule has 1 heteroatoms. The normalized spacial score (nSPS) is 12.5. The molecule has 12 heavy (non-hydrogen) atoms. The van der Waals surface area contributed by atoms with Crippen LogP contribution in [0.1, 0.15) is 19.6 Å². The van der Waals surface area contributed by atoms with Crippen molar-refractivity contribution in [1.82, 2.24) is 0 Å². The fourth-order valence-corrected chi connectivity index (χ4v) is 0.901. The maximum atomic E-state index is 5.13. The van der Waals surface area contributed by atoms with Gasteiger partial charge in [0.2, 0.25) is 0 Å². The minimum Gasteiger partial charge on any atom is -0.465 e. The lowest BCUT2D eigenvalue weighted by molar-refractivity contribution is 0.556. The van der Waals surface area contributed by atoms with Crippen LogP contribution in [0.4, 0.5) is 0 Å². The Labute approximate surface area is 73.1 Å². The first-order valence-corrected chi connectivity index (χ1v) is 3.97. The molecule has 0 saturated carbocycles. The van der Waals surface area contributed by atoms with E-state index in [1.807, 2.05) is 31.2 Å². The van der Waals surface area contributed by atoms with Gasteiger partial charge in [-0.3, -0.25) is 0 Å². The summed E-state index contributed by atoms with van der Waals surface area (Å²) < 4.78 is 5.13. The average Bonchev–Trinajstić information content (AvgIpc) is 2.53. The maximum absolute atomic E-state index is 5.13. The van der Waals surface area contributed by atoms with Crippen molar-refractivity contribution < 1.29 is 4.42 Å². The first-order chi connectivity index (χ1) is 5.83. The number of furan rings is 1. The zero-order valence-corrected chi connectivity index (χ0v) is 7.37. The van der Waals surface area contributed by atoms with E-state index in [1.54, 1.807) is 6.26 Å². The largest absolute Gasteiger partial charge is 0.465 e. The monoisotopic (exact) mass is 160 g/mol. The second kappa shape index (κ2) is 4.46. The maximum Gasteiger partial charge on any atom is 0.126 e. The van der Waals surface area contributed by atoms with Crippen LogP contribution in [0, 0.1) is 17.8 Å². The molecule has 1 rings (SSSR count). The van der Waals surface area contributed by atoms with E-state index in [4.69, 9.17) is 4.42 Å². The molecule has 0 fully saturated rings. The smallest absolute Gasteiger partial charge is 0.126 e. The molecule has 0 aromatic carbocycles. The Morgan fingerprint density at radius 1 is 1.58 bits per heavy atom. The van der Waals surface area contributed by atoms with Gasteiger partial charge in [-0.15, -0.1) is 5.92 Å². The van der Waals surface area contributed by atoms with E-state index in [9.17, 15) is 0 Å². The Hall–Kier alpha value is -1.42. The zero-order chi connectivity index (χ0) is 8.81. The van der Waals surface area contributed by atoms with Gasteiger partial charge in [0.05, 0.1) is 6.26 Å². The number of allylic oxidation sites excluding steroid dienone is 1. The molecule has 0 saturated heterocycles. The van der Waals surface area contributed by atoms with Crippen LogP contribution < -0.4 is 0 Å². The van der Waals surface area contributed by atoms with Crippen LogP contribution in [0.3, 0.4) is 0 Å². The van der Waals surface area contributed by atoms with Crippen LogP contribution in [-0.4, -0.2) is 0 Å². The highest BCUT2D eigenvalue weighted by Gasteiger charge is 1.90. The van der Waals surface area contributed by atoms with Crippen LogP contribution in [0.15, 0.2) is 28.9 Å². The van der Waals surface area contributed by atoms with E-state index in [2.05, 4.69) is 18.8 Å². The lowest BCUT2D eigenvalue weighted by Crippen LogP contribution is -1.80. The molecule has 1 unspecified atom stereocenters. The van der Waals surface area contributed by atoms with Crippen molar-refractivity contribution in [3.8, 4) is 11.8 Å². The van der Waals surface area contributed by atoms with Gasteiger partial charge in [0.25, 0.3) is 0 Å². The molecule has 0 spiro atoms. The molecule has 0 aliphatic heterocycles. The highest BCUT2D eigenvalue weighted by molar-refractivity contribution is 5.43. The summed E-state index contributed by atoms with van der Waals surface area (Å²) in [6, 6.07) is 3.79. The van der Waals surface area contributed by atoms with Crippen molar-refractivity contribution in [2.45, 2.75) is 13.8 Å². The highest BCUT2D eigenvalue weighted by atomic mass is 16.3. The van der Waals surface area contributed by atoms with Crippen molar-refractivity contribution in [2.75, 3.05) is 0 Å². The van der Waals surface area contributed by atoms with Gasteiger partial charge in [-0.1, -0.05) is 12.0 Å². The molecule has 0 bridgehead atoms. The predicted octanol–water partition coefficient (Wildman–Crippen LogP) is 2.95. The third-order valence-corrected chi connectivity index (χ3v) is 1.46. The summed E-state index contributed by atoms with van der Waals surface area (Å²) in [5, 5.41) is 0. The van der Waals surface area contributed by atoms with Crippen molar-refractivity contribution in [1.29, 1.82) is 0 Å². The third kappa shape index (κ3) is 2.67. The zero-order valence-electron chi connectivity index (χ0n) is 7.37. The molecule has 1 aromatic heterocycles. The molecule has 1 atom stereocenters. The van der Waals surface area contributed by atoms with Crippen molar-refractivity contribution in [2.24, 2.45) is 5.92 Å². The molecule has 1 nitrogen and oxygen atoms in total. The van der Waals surface area contributed by atoms with Crippen LogP contribution in [-0.2, 0) is 0 Å². The molecule has 0 radical (unpaired) electrons. The van der Waals surface area contributed by atoms with Crippen molar-refractivity contribution in [3.05, 3.63) is 30.2 Å². The third-order valence-electron chi connectivity index (χ3n) is 1.46. The molecular weight excluding hydrogens is 148 g/mol. The minimum absolute atomic E-state index is 0.292. The standard InChI is InChI=1S/C11H12O/c1-3-5-10(2)7-8-11-6-4-9-12-11/h4,6-10H,1-2H3/b8-7+. The predicted molar refractivity (Wildman–Crippen MR) is 50.4 cm³/mol. The Balaban J connectivity index is 2.54. The van der Waals surface area contributed by atoms with Crippen molar-refractivity contribution in [3.63, 3.8) is 0 Å². The van der Waals surface area contributed by atoms with E-state index in [-0.39, 0.29) is 0 Å². The van der Waals surface area contributed by atoms with E-state index in [0.717, 1.165) is 5.76 Å². The quantitative estimate of drug-likeness (QED) is 0.606. The Morgan fingerprint density at radius 2 is 2.42 bits per heavy atom. The van der Waals surface area contributed by atoms with Crippen molar-refractivity contribution >= 4 is 6.08 Å². The second-order valence-electron chi connectivity index (χ2n) is 2.56. The molecular formula is C11H12O. The van der Waals surface area contributed by atoms with E-state index >= 15 is 0 Å². The summed E-state index contributed by atoms with van der Waals surface area (Å²) in [6.45, 7) is 3.90. The van der Waals surface area contributed by atoms with Crippen LogP contribution >= 0.6 is 0 Å². The van der Waals surface area contributed by atoms with Gasteiger partial charge in [0.15, 0.2) is 0 Å². The van der Waals surface area contributed by atoms with E-state index in [1.165, 1.54) is 0 Å². The first-order valence-electron chi connectivity index (χ1n) is 3.97. The fourth-order valence-electron chi connectivity index (χ4n) is 0.901. The van der Waals surface area contributed by atoms with Crippen LogP contribution in [0.25, 0.3) is 6.08 Å². The SMILES string of the molecule is CC#CC(C)/C=C/c1ccco1. The molecule has 0 aliphatic carbocycles. The van der Waals surface area contributed by atoms with Crippen LogP contribution in [0.5, 0.6) is 0 Å². The molecule has 0 amide bonds. The van der Waals surface area contributed by atoms with Gasteiger partial charge in [-0.05, 0) is 32.1 Å². The average molecular weight is 160 g/mol. The van der Waals surface area contributed by atoms with Gasteiger partial charge >= 0.3 is 0 Å². The summed E-state index contributed by atoms with van der Waals surface area (Å²) in [4.78, 5) is 0. The number of rotatable bonds is 2. The fraction of sp³-hybridized carbons (Fsp3) is 0.273. The van der Waals surface area contributed by atoms with Gasteiger partial charge in [0.1, 0.15) is 5.76 Å². The summed E-state index contributed by atoms with van der Waals surface area (Å²) >= 11 is 0. The topological polar surface area (TPSA) is 13.1 Å². The molecule has 62 valence electrons. The van der Waals surface area contributed by atoms with E-state index in [0.29, 0.717) is 5.92 Å². The Bertz CT molecular complexity index is 295. The first kappa shape index (κ1) is 8.67. The number of hydrogen-bond donors (Lipinski definition) is 0. The number of hydrogen-bond acceptors (Lipinski definition) is 1. The lowest BCUT2D eigenvalue weighted by atomic mass is 10.1. The summed E-state index contributed by atoms with van der Waals surface area (Å²) in [5.41, 5.74) is 0. The van der Waals surface area contributed by atoms with Gasteiger partial charge in [0, 0.05) is 5.92 Å². The van der Waals surface area contributed by atoms with Gasteiger partial charge < -0.3 is 4.42 Å². The lowest BCUT2D eigenvalue weighted by Gasteiger charge is -1.91. The van der Waals surface area contributed by atoms with E-state index < -0.39 is 0 Å². The Morgan fingerprint density at radius 3 is 3.00 bits per heavy atom. The molecule has 0 N–H and O–H groups in total.